The number of amides is 1. The Balaban J connectivity index is 2.19. The quantitative estimate of drug-likeness (QED) is 0.875. The van der Waals surface area contributed by atoms with E-state index in [4.69, 9.17) is 11.6 Å². The van der Waals surface area contributed by atoms with E-state index < -0.39 is 0 Å². The van der Waals surface area contributed by atoms with Crippen LogP contribution in [0.15, 0.2) is 0 Å². The Kier molecular flexibility index (Phi) is 3.92. The minimum Gasteiger partial charge on any atom is -0.337 e. The van der Waals surface area contributed by atoms with Crippen LogP contribution >= 0.6 is 11.6 Å². The molecule has 0 aliphatic carbocycles. The number of hydrogen-bond donors (Lipinski definition) is 1. The molecule has 1 atom stereocenters. The highest BCUT2D eigenvalue weighted by atomic mass is 35.5. The number of rotatable bonds is 2. The third kappa shape index (κ3) is 2.52. The molecule has 6 heteroatoms. The molecule has 1 fully saturated rings. The van der Waals surface area contributed by atoms with Gasteiger partial charge in [0.25, 0.3) is 0 Å². The lowest BCUT2D eigenvalue weighted by molar-refractivity contribution is -0.132. The smallest absolute Gasteiger partial charge is 0.239 e. The van der Waals surface area contributed by atoms with E-state index in [0.29, 0.717) is 11.7 Å². The zero-order chi connectivity index (χ0) is 13.3. The molecule has 0 bridgehead atoms. The fourth-order valence-corrected chi connectivity index (χ4v) is 2.50. The van der Waals surface area contributed by atoms with Gasteiger partial charge < -0.3 is 10.2 Å². The second-order valence-electron chi connectivity index (χ2n) is 4.77. The molecular formula is C12H19ClN4O. The van der Waals surface area contributed by atoms with E-state index in [9.17, 15) is 4.79 Å². The van der Waals surface area contributed by atoms with Gasteiger partial charge in [0.15, 0.2) is 0 Å². The first-order valence-electron chi connectivity index (χ1n) is 6.21. The van der Waals surface area contributed by atoms with E-state index in [1.807, 2.05) is 25.8 Å². The molecule has 5 nitrogen and oxygen atoms in total. The summed E-state index contributed by atoms with van der Waals surface area (Å²) < 4.78 is 1.65. The van der Waals surface area contributed by atoms with Gasteiger partial charge in [-0.1, -0.05) is 11.6 Å². The van der Waals surface area contributed by atoms with Gasteiger partial charge in [0.2, 0.25) is 5.91 Å². The molecule has 1 aromatic rings. The maximum absolute atomic E-state index is 12.2. The van der Waals surface area contributed by atoms with Crippen molar-refractivity contribution in [2.45, 2.75) is 32.9 Å². The average molecular weight is 271 g/mol. The highest BCUT2D eigenvalue weighted by molar-refractivity contribution is 6.30. The summed E-state index contributed by atoms with van der Waals surface area (Å²) in [6, 6.07) is -0.122. The molecule has 1 N–H and O–H groups in total. The average Bonchev–Trinajstić information content (AvgIpc) is 2.49. The Morgan fingerprint density at radius 1 is 1.56 bits per heavy atom. The number of aromatic nitrogens is 2. The third-order valence-corrected chi connectivity index (χ3v) is 3.83. The van der Waals surface area contributed by atoms with Crippen LogP contribution in [0.4, 0.5) is 0 Å². The number of carbonyl (C=O) groups is 1. The molecule has 0 aromatic carbocycles. The number of halogens is 1. The monoisotopic (exact) mass is 270 g/mol. The Bertz CT molecular complexity index is 457. The fourth-order valence-electron chi connectivity index (χ4n) is 2.26. The molecule has 0 spiro atoms. The van der Waals surface area contributed by atoms with Crippen molar-refractivity contribution in [3.63, 3.8) is 0 Å². The van der Waals surface area contributed by atoms with Crippen LogP contribution in [0, 0.1) is 6.92 Å². The van der Waals surface area contributed by atoms with Crippen LogP contribution in [0.25, 0.3) is 0 Å². The van der Waals surface area contributed by atoms with Crippen molar-refractivity contribution in [1.29, 1.82) is 0 Å². The van der Waals surface area contributed by atoms with Gasteiger partial charge in [-0.05, 0) is 26.8 Å². The van der Waals surface area contributed by atoms with E-state index >= 15 is 0 Å². The SMILES string of the molecule is Cc1nn(C)c(Cl)c1CN1CCCNC(C)C1=O. The summed E-state index contributed by atoms with van der Waals surface area (Å²) >= 11 is 6.21. The number of nitrogens with one attached hydrogen (secondary N) is 1. The predicted octanol–water partition coefficient (Wildman–Crippen LogP) is 1.09. The molecule has 2 heterocycles. The van der Waals surface area contributed by atoms with Crippen molar-refractivity contribution >= 4 is 17.5 Å². The summed E-state index contributed by atoms with van der Waals surface area (Å²) in [6.07, 6.45) is 0.965. The van der Waals surface area contributed by atoms with Crippen molar-refractivity contribution in [2.75, 3.05) is 13.1 Å². The summed E-state index contributed by atoms with van der Waals surface area (Å²) in [5.74, 6) is 0.131. The summed E-state index contributed by atoms with van der Waals surface area (Å²) in [5.41, 5.74) is 1.83. The van der Waals surface area contributed by atoms with Gasteiger partial charge in [-0.3, -0.25) is 9.48 Å². The van der Waals surface area contributed by atoms with Crippen LogP contribution in [-0.4, -0.2) is 39.7 Å². The molecule has 0 saturated carbocycles. The second-order valence-corrected chi connectivity index (χ2v) is 5.13. The minimum atomic E-state index is -0.122. The normalized spacial score (nSPS) is 21.2. The predicted molar refractivity (Wildman–Crippen MR) is 70.5 cm³/mol. The lowest BCUT2D eigenvalue weighted by Gasteiger charge is -2.22. The van der Waals surface area contributed by atoms with Crippen LogP contribution in [0.3, 0.4) is 0 Å². The number of carbonyl (C=O) groups excluding carboxylic acids is 1. The summed E-state index contributed by atoms with van der Waals surface area (Å²) in [5, 5.41) is 8.09. The molecule has 2 rings (SSSR count). The van der Waals surface area contributed by atoms with Crippen LogP contribution in [-0.2, 0) is 18.4 Å². The minimum absolute atomic E-state index is 0.122. The second kappa shape index (κ2) is 5.28. The summed E-state index contributed by atoms with van der Waals surface area (Å²) in [6.45, 7) is 6.01. The van der Waals surface area contributed by atoms with Gasteiger partial charge in [0.1, 0.15) is 5.15 Å². The Hall–Kier alpha value is -1.07. The van der Waals surface area contributed by atoms with Crippen LogP contribution in [0.1, 0.15) is 24.6 Å². The maximum Gasteiger partial charge on any atom is 0.239 e. The topological polar surface area (TPSA) is 50.2 Å². The molecule has 0 radical (unpaired) electrons. The van der Waals surface area contributed by atoms with Crippen LogP contribution in [0.5, 0.6) is 0 Å². The highest BCUT2D eigenvalue weighted by Crippen LogP contribution is 2.21. The van der Waals surface area contributed by atoms with E-state index in [2.05, 4.69) is 10.4 Å². The number of nitrogens with zero attached hydrogens (tertiary/aromatic N) is 3. The van der Waals surface area contributed by atoms with Gasteiger partial charge in [-0.2, -0.15) is 5.10 Å². The maximum atomic E-state index is 12.2. The third-order valence-electron chi connectivity index (χ3n) is 3.36. The standard InChI is InChI=1S/C12H19ClN4O/c1-8-10(11(13)16(3)15-8)7-17-6-4-5-14-9(2)12(17)18/h9,14H,4-7H2,1-3H3. The van der Waals surface area contributed by atoms with E-state index in [1.54, 1.807) is 4.68 Å². The van der Waals surface area contributed by atoms with E-state index in [1.165, 1.54) is 0 Å². The zero-order valence-corrected chi connectivity index (χ0v) is 11.8. The van der Waals surface area contributed by atoms with Crippen molar-refractivity contribution in [2.24, 2.45) is 7.05 Å². The molecule has 1 amide bonds. The molecular weight excluding hydrogens is 252 g/mol. The molecule has 1 aliphatic heterocycles. The van der Waals surface area contributed by atoms with Crippen LogP contribution < -0.4 is 5.32 Å². The first-order chi connectivity index (χ1) is 8.50. The zero-order valence-electron chi connectivity index (χ0n) is 11.0. The van der Waals surface area contributed by atoms with E-state index in [0.717, 1.165) is 30.8 Å². The highest BCUT2D eigenvalue weighted by Gasteiger charge is 2.25. The van der Waals surface area contributed by atoms with Gasteiger partial charge >= 0.3 is 0 Å². The molecule has 1 aromatic heterocycles. The Labute approximate surface area is 112 Å². The first-order valence-corrected chi connectivity index (χ1v) is 6.58. The molecule has 1 saturated heterocycles. The van der Waals surface area contributed by atoms with Gasteiger partial charge in [-0.15, -0.1) is 0 Å². The lowest BCUT2D eigenvalue weighted by atomic mass is 10.2. The molecule has 1 aliphatic rings. The van der Waals surface area contributed by atoms with Crippen LogP contribution in [0.2, 0.25) is 5.15 Å². The first kappa shape index (κ1) is 13.4. The summed E-state index contributed by atoms with van der Waals surface area (Å²) in [7, 11) is 1.81. The molecule has 1 unspecified atom stereocenters. The fraction of sp³-hybridized carbons (Fsp3) is 0.667. The molecule has 100 valence electrons. The van der Waals surface area contributed by atoms with Crippen molar-refractivity contribution in [3.05, 3.63) is 16.4 Å². The number of aryl methyl sites for hydroxylation is 2. The Morgan fingerprint density at radius 2 is 2.28 bits per heavy atom. The van der Waals surface area contributed by atoms with Crippen molar-refractivity contribution in [1.82, 2.24) is 20.0 Å². The van der Waals surface area contributed by atoms with Gasteiger partial charge in [0, 0.05) is 19.2 Å². The Morgan fingerprint density at radius 3 is 2.89 bits per heavy atom. The molecule has 18 heavy (non-hydrogen) atoms. The van der Waals surface area contributed by atoms with Crippen molar-refractivity contribution < 1.29 is 4.79 Å². The van der Waals surface area contributed by atoms with E-state index in [-0.39, 0.29) is 11.9 Å². The largest absolute Gasteiger partial charge is 0.337 e. The van der Waals surface area contributed by atoms with Crippen molar-refractivity contribution in [3.8, 4) is 0 Å². The summed E-state index contributed by atoms with van der Waals surface area (Å²) in [4.78, 5) is 14.0. The van der Waals surface area contributed by atoms with Gasteiger partial charge in [0.05, 0.1) is 18.3 Å². The number of hydrogen-bond acceptors (Lipinski definition) is 3. The van der Waals surface area contributed by atoms with Gasteiger partial charge in [-0.25, -0.2) is 0 Å². The lowest BCUT2D eigenvalue weighted by Crippen LogP contribution is -2.41.